The van der Waals surface area contributed by atoms with Crippen LogP contribution in [-0.2, 0) is 42.7 Å². The lowest BCUT2D eigenvalue weighted by Crippen LogP contribution is -2.64. The van der Waals surface area contributed by atoms with E-state index in [2.05, 4.69) is 30.4 Å². The topological polar surface area (TPSA) is 255 Å². The van der Waals surface area contributed by atoms with Gasteiger partial charge in [-0.25, -0.2) is 9.59 Å². The molecule has 17 atom stereocenters. The summed E-state index contributed by atoms with van der Waals surface area (Å²) in [5.74, 6) is -2.43. The molecule has 0 radical (unpaired) electrons. The van der Waals surface area contributed by atoms with Gasteiger partial charge >= 0.3 is 18.0 Å². The largest absolute Gasteiger partial charge is 0.508 e. The zero-order valence-electron chi connectivity index (χ0n) is 42.9. The molecule has 1 aromatic carbocycles. The minimum absolute atomic E-state index is 0.00730. The van der Waals surface area contributed by atoms with E-state index in [1.54, 1.807) is 6.92 Å². The average molecular weight is 1010 g/mol. The van der Waals surface area contributed by atoms with Gasteiger partial charge in [-0.3, -0.25) is 9.59 Å². The van der Waals surface area contributed by atoms with E-state index in [-0.39, 0.29) is 58.7 Å². The molecule has 72 heavy (non-hydrogen) atoms. The van der Waals surface area contributed by atoms with E-state index in [4.69, 9.17) is 33.2 Å². The number of ether oxygens (including phenoxy) is 7. The van der Waals surface area contributed by atoms with Crippen molar-refractivity contribution in [1.29, 1.82) is 0 Å². The number of hydrogen-bond donors (Lipinski definition) is 5. The molecule has 2 heterocycles. The second-order valence-electron chi connectivity index (χ2n) is 21.7. The summed E-state index contributed by atoms with van der Waals surface area (Å²) in [6.07, 6.45) is 0.956. The number of nitrogens with one attached hydrogen (secondary N) is 1. The number of alkyl carbamates (subject to hydrolysis) is 1. The second-order valence-corrected chi connectivity index (χ2v) is 21.7. The van der Waals surface area contributed by atoms with Gasteiger partial charge in [0.15, 0.2) is 30.8 Å². The number of aliphatic hydroxyl groups excluding tert-OH is 2. The van der Waals surface area contributed by atoms with E-state index in [1.165, 1.54) is 29.8 Å². The van der Waals surface area contributed by atoms with Crippen LogP contribution in [0, 0.1) is 45.3 Å². The normalized spacial score (nSPS) is 38.1. The third-order valence-electron chi connectivity index (χ3n) is 17.1. The molecule has 2 aliphatic heterocycles. The van der Waals surface area contributed by atoms with Crippen LogP contribution in [0.2, 0.25) is 0 Å². The Morgan fingerprint density at radius 3 is 2.25 bits per heavy atom. The Balaban J connectivity index is 1.15. The van der Waals surface area contributed by atoms with Gasteiger partial charge in [-0.2, -0.15) is 4.91 Å². The van der Waals surface area contributed by atoms with Crippen LogP contribution in [-0.4, -0.2) is 131 Å². The molecule has 14 unspecified atom stereocenters. The zero-order valence-corrected chi connectivity index (χ0v) is 42.9. The standard InChI is InChI=1S/C54H76N2O16/c1-9-11-32(10-2)26-55-51(63)69-36-20-22-52(7)34(24-36)15-18-37-38(52)21-23-53(8)39(37)25-43(54(53,64)30(5)40(59)19-12-29(3)4)70-50-47(68-31(6)57)45(42(61)28-67-50)72-49-46(44(56-65)41(60)27-66-49)71-48(62)33-13-16-35(58)17-14-33/h9-11,13-17,29-30,36-39,41-47,49-50,58,60-61,64H,12,18-28H2,1-8H3,(H,55,63)/b11-9-,32-10+/t30-,36?,37?,38?,39+,41?,42?,43?,44?,45?,46?,47?,49?,50?,52?,53?,54-/m1/s1. The minimum Gasteiger partial charge on any atom is -0.508 e. The first-order chi connectivity index (χ1) is 34.2. The Labute approximate surface area is 422 Å². The number of aromatic hydroxyl groups is 1. The molecule has 0 bridgehead atoms. The maximum atomic E-state index is 14.3. The number of fused-ring (bicyclic) bond motifs is 5. The molecule has 1 aromatic rings. The third kappa shape index (κ3) is 11.1. The smallest absolute Gasteiger partial charge is 0.407 e. The van der Waals surface area contributed by atoms with E-state index >= 15 is 0 Å². The van der Waals surface area contributed by atoms with Gasteiger partial charge in [0.1, 0.15) is 41.5 Å². The highest BCUT2D eigenvalue weighted by Gasteiger charge is 2.71. The van der Waals surface area contributed by atoms with E-state index in [9.17, 15) is 44.5 Å². The number of hydrogen-bond acceptors (Lipinski definition) is 17. The van der Waals surface area contributed by atoms with E-state index in [1.807, 2.05) is 45.9 Å². The van der Waals surface area contributed by atoms with Gasteiger partial charge in [0.05, 0.1) is 24.9 Å². The molecular formula is C54H76N2O16. The van der Waals surface area contributed by atoms with Gasteiger partial charge in [-0.1, -0.05) is 69.7 Å². The Bertz CT molecular complexity index is 2210. The molecule has 3 saturated carbocycles. The SMILES string of the molecule is C/C=C\C(=C/C)CNC(=O)OC1CCC2(C)C(=CCC3C2CCC2(C)[C@H]3CC(OC3OCC(O)C(OC4OCC(O)C(N=O)C4OC(=O)c4ccc(O)cc4)C3OC(C)=O)[C@]2(O)[C@H](C)C(=O)CCC(C)C)C1. The van der Waals surface area contributed by atoms with Crippen molar-refractivity contribution in [3.05, 3.63) is 70.2 Å². The summed E-state index contributed by atoms with van der Waals surface area (Å²) >= 11 is 0. The number of carbonyl (C=O) groups is 4. The summed E-state index contributed by atoms with van der Waals surface area (Å²) in [7, 11) is 0. The van der Waals surface area contributed by atoms with Crippen molar-refractivity contribution in [3.8, 4) is 5.75 Å². The first-order valence-corrected chi connectivity index (χ1v) is 25.8. The van der Waals surface area contributed by atoms with E-state index < -0.39 is 103 Å². The monoisotopic (exact) mass is 1010 g/mol. The van der Waals surface area contributed by atoms with Crippen molar-refractivity contribution >= 4 is 23.8 Å². The van der Waals surface area contributed by atoms with E-state index in [0.29, 0.717) is 45.1 Å². The van der Waals surface area contributed by atoms with Crippen LogP contribution in [0.1, 0.15) is 124 Å². The number of nitroso groups, excluding NO2 is 1. The molecule has 398 valence electrons. The number of rotatable bonds is 17. The zero-order chi connectivity index (χ0) is 52.3. The van der Waals surface area contributed by atoms with Crippen LogP contribution in [0.4, 0.5) is 4.79 Å². The van der Waals surface area contributed by atoms with Gasteiger partial charge in [0, 0.05) is 37.6 Å². The lowest BCUT2D eigenvalue weighted by Gasteiger charge is -2.59. The van der Waals surface area contributed by atoms with Crippen molar-refractivity contribution in [2.75, 3.05) is 19.8 Å². The van der Waals surface area contributed by atoms with Gasteiger partial charge < -0.3 is 58.9 Å². The van der Waals surface area contributed by atoms with Crippen molar-refractivity contribution in [3.63, 3.8) is 0 Å². The fraction of sp³-hybridized carbons (Fsp3) is 0.704. The Morgan fingerprint density at radius 1 is 0.903 bits per heavy atom. The number of phenolic OH excluding ortho intramolecular Hbond substituents is 1. The van der Waals surface area contributed by atoms with Gasteiger partial charge in [0.2, 0.25) is 0 Å². The van der Waals surface area contributed by atoms with Crippen LogP contribution in [0.25, 0.3) is 0 Å². The fourth-order valence-electron chi connectivity index (χ4n) is 13.0. The van der Waals surface area contributed by atoms with Crippen molar-refractivity contribution in [1.82, 2.24) is 5.32 Å². The van der Waals surface area contributed by atoms with Crippen molar-refractivity contribution < 1.29 is 72.8 Å². The second kappa shape index (κ2) is 22.9. The van der Waals surface area contributed by atoms with Crippen LogP contribution >= 0.6 is 0 Å². The summed E-state index contributed by atoms with van der Waals surface area (Å²) in [6, 6.07) is 3.53. The quantitative estimate of drug-likeness (QED) is 0.0356. The number of benzene rings is 1. The highest BCUT2D eigenvalue weighted by Crippen LogP contribution is 2.69. The minimum atomic E-state index is -1.74. The van der Waals surface area contributed by atoms with Crippen molar-refractivity contribution in [2.24, 2.45) is 45.6 Å². The molecule has 18 nitrogen and oxygen atoms in total. The number of carbonyl (C=O) groups excluding carboxylic acids is 4. The molecule has 5 fully saturated rings. The molecule has 2 saturated heterocycles. The Kier molecular flexibility index (Phi) is 17.6. The first-order valence-electron chi connectivity index (χ1n) is 25.8. The number of Topliss-reactive ketones (excluding diaryl/α,β-unsaturated/α-hetero) is 1. The van der Waals surface area contributed by atoms with Crippen LogP contribution in [0.5, 0.6) is 5.75 Å². The molecule has 18 heteroatoms. The molecular weight excluding hydrogens is 933 g/mol. The number of nitrogens with zero attached hydrogens (tertiary/aromatic N) is 1. The van der Waals surface area contributed by atoms with Crippen LogP contribution in [0.3, 0.4) is 0 Å². The van der Waals surface area contributed by atoms with E-state index in [0.717, 1.165) is 25.3 Å². The third-order valence-corrected chi connectivity index (χ3v) is 17.1. The number of phenols is 1. The average Bonchev–Trinajstić information content (AvgIpc) is 3.57. The molecule has 1 amide bonds. The lowest BCUT2D eigenvalue weighted by molar-refractivity contribution is -0.339. The highest BCUT2D eigenvalue weighted by molar-refractivity contribution is 5.89. The number of aliphatic hydroxyl groups is 3. The molecule has 5 N–H and O–H groups in total. The summed E-state index contributed by atoms with van der Waals surface area (Å²) in [6.45, 7) is 14.7. The molecule has 0 spiro atoms. The molecule has 4 aliphatic carbocycles. The van der Waals surface area contributed by atoms with Gasteiger partial charge in [-0.05, 0) is 118 Å². The molecule has 0 aromatic heterocycles. The summed E-state index contributed by atoms with van der Waals surface area (Å²) < 4.78 is 42.6. The fourth-order valence-corrected chi connectivity index (χ4v) is 13.0. The number of allylic oxidation sites excluding steroid dienone is 3. The van der Waals surface area contributed by atoms with Crippen LogP contribution in [0.15, 0.2) is 64.9 Å². The number of amides is 1. The summed E-state index contributed by atoms with van der Waals surface area (Å²) in [4.78, 5) is 65.7. The molecule has 6 aliphatic rings. The first kappa shape index (κ1) is 55.2. The number of ketones is 1. The van der Waals surface area contributed by atoms with Crippen LogP contribution < -0.4 is 5.32 Å². The van der Waals surface area contributed by atoms with Gasteiger partial charge in [0.25, 0.3) is 0 Å². The van der Waals surface area contributed by atoms with Crippen molar-refractivity contribution in [2.45, 2.75) is 180 Å². The summed E-state index contributed by atoms with van der Waals surface area (Å²) in [5.41, 5.74) is -0.519. The molecule has 7 rings (SSSR count). The predicted octanol–water partition coefficient (Wildman–Crippen LogP) is 6.75. The maximum absolute atomic E-state index is 14.3. The Hall–Kier alpha value is -4.56. The lowest BCUT2D eigenvalue weighted by atomic mass is 9.46. The highest BCUT2D eigenvalue weighted by atomic mass is 16.7. The predicted molar refractivity (Wildman–Crippen MR) is 261 cm³/mol. The maximum Gasteiger partial charge on any atom is 0.407 e. The Morgan fingerprint density at radius 2 is 1.60 bits per heavy atom. The number of esters is 2. The summed E-state index contributed by atoms with van der Waals surface area (Å²) in [5, 5.41) is 51.5. The van der Waals surface area contributed by atoms with Gasteiger partial charge in [-0.15, -0.1) is 0 Å².